The predicted molar refractivity (Wildman–Crippen MR) is 56.2 cm³/mol. The van der Waals surface area contributed by atoms with E-state index in [0.717, 1.165) is 12.3 Å². The first-order chi connectivity index (χ1) is 7.36. The minimum atomic E-state index is -4.32. The first-order valence-corrected chi connectivity index (χ1v) is 5.06. The van der Waals surface area contributed by atoms with E-state index in [9.17, 15) is 13.2 Å². The Morgan fingerprint density at radius 1 is 1.25 bits per heavy atom. The number of hydrogen-bond donors (Lipinski definition) is 1. The summed E-state index contributed by atoms with van der Waals surface area (Å²) >= 11 is 0. The zero-order valence-electron chi connectivity index (χ0n) is 9.47. The summed E-state index contributed by atoms with van der Waals surface area (Å²) in [5, 5.41) is 3.05. The summed E-state index contributed by atoms with van der Waals surface area (Å²) in [6.45, 7) is 3.89. The first kappa shape index (κ1) is 13.0. The molecule has 0 radical (unpaired) electrons. The van der Waals surface area contributed by atoms with Gasteiger partial charge in [-0.25, -0.2) is 0 Å². The summed E-state index contributed by atoms with van der Waals surface area (Å²) < 4.78 is 36.9. The molecule has 0 bridgehead atoms. The Labute approximate surface area is 92.9 Å². The van der Waals surface area contributed by atoms with E-state index >= 15 is 0 Å². The van der Waals surface area contributed by atoms with Crippen molar-refractivity contribution in [3.05, 3.63) is 29.6 Å². The Bertz CT molecular complexity index is 332. The largest absolute Gasteiger partial charge is 0.417 e. The summed E-state index contributed by atoms with van der Waals surface area (Å²) in [5.41, 5.74) is -0.0459. The van der Waals surface area contributed by atoms with Crippen molar-refractivity contribution in [2.24, 2.45) is 0 Å². The van der Waals surface area contributed by atoms with Gasteiger partial charge < -0.3 is 5.32 Å². The van der Waals surface area contributed by atoms with Crippen LogP contribution in [-0.4, -0.2) is 18.1 Å². The van der Waals surface area contributed by atoms with Crippen LogP contribution in [0.2, 0.25) is 0 Å². The molecule has 1 rings (SSSR count). The van der Waals surface area contributed by atoms with Crippen molar-refractivity contribution in [2.45, 2.75) is 32.0 Å². The fraction of sp³-hybridized carbons (Fsp3) is 0.545. The third-order valence-electron chi connectivity index (χ3n) is 2.79. The summed E-state index contributed by atoms with van der Waals surface area (Å²) in [4.78, 5) is 3.85. The van der Waals surface area contributed by atoms with E-state index in [4.69, 9.17) is 0 Å². The molecule has 2 unspecified atom stereocenters. The molecule has 0 aromatic carbocycles. The Morgan fingerprint density at radius 3 is 2.25 bits per heavy atom. The normalized spacial score (nSPS) is 15.9. The summed E-state index contributed by atoms with van der Waals surface area (Å²) in [5.74, 6) is 0.0762. The smallest absolute Gasteiger partial charge is 0.317 e. The number of nitrogens with zero attached hydrogens (tertiary/aromatic N) is 1. The number of aromatic nitrogens is 1. The van der Waals surface area contributed by atoms with Crippen LogP contribution >= 0.6 is 0 Å². The average Bonchev–Trinajstić information content (AvgIpc) is 2.26. The highest BCUT2D eigenvalue weighted by atomic mass is 19.4. The van der Waals surface area contributed by atoms with E-state index in [1.807, 2.05) is 20.9 Å². The first-order valence-electron chi connectivity index (χ1n) is 5.06. The lowest BCUT2D eigenvalue weighted by molar-refractivity contribution is -0.137. The molecule has 2 nitrogen and oxygen atoms in total. The van der Waals surface area contributed by atoms with Crippen LogP contribution in [-0.2, 0) is 6.18 Å². The molecule has 1 aromatic rings. The van der Waals surface area contributed by atoms with Crippen LogP contribution in [0.25, 0.3) is 0 Å². The highest BCUT2D eigenvalue weighted by Crippen LogP contribution is 2.29. The third-order valence-corrected chi connectivity index (χ3v) is 2.79. The fourth-order valence-corrected chi connectivity index (χ4v) is 1.35. The van der Waals surface area contributed by atoms with Gasteiger partial charge in [-0.2, -0.15) is 13.2 Å². The quantitative estimate of drug-likeness (QED) is 0.866. The van der Waals surface area contributed by atoms with E-state index in [1.165, 1.54) is 6.07 Å². The minimum Gasteiger partial charge on any atom is -0.317 e. The van der Waals surface area contributed by atoms with Crippen molar-refractivity contribution < 1.29 is 13.2 Å². The molecule has 1 aromatic heterocycles. The van der Waals surface area contributed by atoms with E-state index in [2.05, 4.69) is 10.3 Å². The monoisotopic (exact) mass is 232 g/mol. The highest BCUT2D eigenvalue weighted by molar-refractivity contribution is 5.19. The fourth-order valence-electron chi connectivity index (χ4n) is 1.35. The van der Waals surface area contributed by atoms with Crippen molar-refractivity contribution in [3.63, 3.8) is 0 Å². The summed E-state index contributed by atoms with van der Waals surface area (Å²) in [6.07, 6.45) is -3.43. The van der Waals surface area contributed by atoms with Crippen molar-refractivity contribution in [2.75, 3.05) is 7.05 Å². The molecule has 0 spiro atoms. The van der Waals surface area contributed by atoms with E-state index in [1.54, 1.807) is 0 Å². The van der Waals surface area contributed by atoms with Crippen LogP contribution in [0.15, 0.2) is 18.3 Å². The zero-order valence-corrected chi connectivity index (χ0v) is 9.47. The maximum atomic E-state index is 12.3. The third kappa shape index (κ3) is 2.95. The van der Waals surface area contributed by atoms with Gasteiger partial charge in [-0.05, 0) is 26.1 Å². The highest BCUT2D eigenvalue weighted by Gasteiger charge is 2.30. The van der Waals surface area contributed by atoms with Gasteiger partial charge in [-0.1, -0.05) is 6.92 Å². The number of hydrogen-bond acceptors (Lipinski definition) is 2. The van der Waals surface area contributed by atoms with Crippen LogP contribution in [0.3, 0.4) is 0 Å². The van der Waals surface area contributed by atoms with Gasteiger partial charge in [0.15, 0.2) is 0 Å². The van der Waals surface area contributed by atoms with Crippen molar-refractivity contribution in [1.82, 2.24) is 10.3 Å². The Kier molecular flexibility index (Phi) is 3.91. The second kappa shape index (κ2) is 4.82. The van der Waals surface area contributed by atoms with Crippen LogP contribution in [0.4, 0.5) is 13.2 Å². The van der Waals surface area contributed by atoms with Gasteiger partial charge in [-0.3, -0.25) is 4.98 Å². The molecule has 0 amide bonds. The summed E-state index contributed by atoms with van der Waals surface area (Å²) in [6, 6.07) is 2.67. The minimum absolute atomic E-state index is 0.0762. The van der Waals surface area contributed by atoms with Crippen LogP contribution < -0.4 is 5.32 Å². The van der Waals surface area contributed by atoms with E-state index in [-0.39, 0.29) is 12.0 Å². The number of nitrogens with one attached hydrogen (secondary N) is 1. The van der Waals surface area contributed by atoms with E-state index < -0.39 is 11.7 Å². The molecule has 16 heavy (non-hydrogen) atoms. The van der Waals surface area contributed by atoms with Gasteiger partial charge >= 0.3 is 6.18 Å². The molecule has 1 N–H and O–H groups in total. The Morgan fingerprint density at radius 2 is 1.88 bits per heavy atom. The molecule has 90 valence electrons. The maximum Gasteiger partial charge on any atom is 0.417 e. The molecule has 0 fully saturated rings. The molecule has 0 saturated heterocycles. The van der Waals surface area contributed by atoms with Gasteiger partial charge in [0.2, 0.25) is 0 Å². The molecule has 5 heteroatoms. The number of pyridine rings is 1. The van der Waals surface area contributed by atoms with Crippen LogP contribution in [0.1, 0.15) is 31.0 Å². The number of likely N-dealkylation sites (N-methyl/N-ethyl adjacent to an activating group) is 1. The maximum absolute atomic E-state index is 12.3. The van der Waals surface area contributed by atoms with Crippen molar-refractivity contribution in [3.8, 4) is 0 Å². The standard InChI is InChI=1S/C11H15F3N2/c1-7(8(2)15-3)10-5-4-9(6-16-10)11(12,13)14/h4-8,15H,1-3H3. The Balaban J connectivity index is 2.87. The lowest BCUT2D eigenvalue weighted by atomic mass is 9.99. The number of rotatable bonds is 3. The molecule has 2 atom stereocenters. The topological polar surface area (TPSA) is 24.9 Å². The van der Waals surface area contributed by atoms with E-state index in [0.29, 0.717) is 5.69 Å². The van der Waals surface area contributed by atoms with Gasteiger partial charge in [0, 0.05) is 23.9 Å². The summed E-state index contributed by atoms with van der Waals surface area (Å²) in [7, 11) is 1.81. The molecular formula is C11H15F3N2. The van der Waals surface area contributed by atoms with Crippen molar-refractivity contribution >= 4 is 0 Å². The van der Waals surface area contributed by atoms with Crippen LogP contribution in [0.5, 0.6) is 0 Å². The second-order valence-corrected chi connectivity index (χ2v) is 3.84. The van der Waals surface area contributed by atoms with Crippen LogP contribution in [0, 0.1) is 0 Å². The lowest BCUT2D eigenvalue weighted by Gasteiger charge is -2.19. The number of halogens is 3. The molecule has 0 saturated carbocycles. The predicted octanol–water partition coefficient (Wildman–Crippen LogP) is 2.81. The zero-order chi connectivity index (χ0) is 12.3. The lowest BCUT2D eigenvalue weighted by Crippen LogP contribution is -2.27. The molecule has 0 aliphatic heterocycles. The second-order valence-electron chi connectivity index (χ2n) is 3.84. The van der Waals surface area contributed by atoms with Gasteiger partial charge in [0.25, 0.3) is 0 Å². The number of alkyl halides is 3. The molecule has 0 aliphatic carbocycles. The molecule has 1 heterocycles. The van der Waals surface area contributed by atoms with Gasteiger partial charge in [0.05, 0.1) is 5.56 Å². The van der Waals surface area contributed by atoms with Crippen molar-refractivity contribution in [1.29, 1.82) is 0 Å². The molecule has 0 aliphatic rings. The van der Waals surface area contributed by atoms with Gasteiger partial charge in [0.1, 0.15) is 0 Å². The average molecular weight is 232 g/mol. The SMILES string of the molecule is CNC(C)C(C)c1ccc(C(F)(F)F)cn1. The Hall–Kier alpha value is -1.10. The van der Waals surface area contributed by atoms with Gasteiger partial charge in [-0.15, -0.1) is 0 Å². The molecular weight excluding hydrogens is 217 g/mol.